The Balaban J connectivity index is 1.48. The molecule has 1 aromatic carbocycles. The highest BCUT2D eigenvalue weighted by molar-refractivity contribution is 7.92. The number of rotatable bonds is 5. The molecule has 0 radical (unpaired) electrons. The fourth-order valence-electron chi connectivity index (χ4n) is 3.68. The number of aryl methyl sites for hydroxylation is 1. The van der Waals surface area contributed by atoms with Gasteiger partial charge in [0.2, 0.25) is 0 Å². The molecule has 1 aliphatic carbocycles. The highest BCUT2D eigenvalue weighted by atomic mass is 32.2. The van der Waals surface area contributed by atoms with Crippen molar-refractivity contribution in [1.82, 2.24) is 4.98 Å². The van der Waals surface area contributed by atoms with Gasteiger partial charge in [0.15, 0.2) is 21.8 Å². The standard InChI is InChI=1S/C20H29NO3S/c1-20(2,3)25(22,23)13-17-8-5-15(6-9-17)4-7-16-10-11-19-18(12-16)21-14-24-19/h10-12,14-15,17H,4-9,13H2,1-3H3. The molecule has 0 saturated heterocycles. The van der Waals surface area contributed by atoms with E-state index < -0.39 is 14.6 Å². The lowest BCUT2D eigenvalue weighted by atomic mass is 9.80. The fraction of sp³-hybridized carbons (Fsp3) is 0.650. The lowest BCUT2D eigenvalue weighted by Gasteiger charge is -2.30. The largest absolute Gasteiger partial charge is 0.443 e. The van der Waals surface area contributed by atoms with Crippen LogP contribution >= 0.6 is 0 Å². The van der Waals surface area contributed by atoms with E-state index in [9.17, 15) is 8.42 Å². The van der Waals surface area contributed by atoms with Crippen molar-refractivity contribution >= 4 is 20.9 Å². The Kier molecular flexibility index (Phi) is 5.24. The van der Waals surface area contributed by atoms with Crippen LogP contribution < -0.4 is 0 Å². The Hall–Kier alpha value is -1.36. The molecule has 0 aliphatic heterocycles. The van der Waals surface area contributed by atoms with Gasteiger partial charge < -0.3 is 4.42 Å². The Morgan fingerprint density at radius 3 is 2.48 bits per heavy atom. The maximum absolute atomic E-state index is 12.4. The topological polar surface area (TPSA) is 60.2 Å². The molecule has 25 heavy (non-hydrogen) atoms. The highest BCUT2D eigenvalue weighted by Gasteiger charge is 2.33. The zero-order valence-corrected chi connectivity index (χ0v) is 16.3. The average Bonchev–Trinajstić information content (AvgIpc) is 3.00. The van der Waals surface area contributed by atoms with Crippen LogP contribution in [0.5, 0.6) is 0 Å². The molecule has 2 aromatic rings. The Labute approximate surface area is 150 Å². The SMILES string of the molecule is CC(C)(C)S(=O)(=O)CC1CCC(CCc2ccc3ocnc3c2)CC1. The van der Waals surface area contributed by atoms with Crippen molar-refractivity contribution in [3.8, 4) is 0 Å². The summed E-state index contributed by atoms with van der Waals surface area (Å²) in [7, 11) is -3.00. The molecule has 1 aliphatic rings. The maximum Gasteiger partial charge on any atom is 0.181 e. The molecule has 5 heteroatoms. The number of benzene rings is 1. The van der Waals surface area contributed by atoms with Crippen LogP contribution in [0, 0.1) is 11.8 Å². The van der Waals surface area contributed by atoms with Gasteiger partial charge in [-0.05, 0) is 76.0 Å². The van der Waals surface area contributed by atoms with Gasteiger partial charge in [0.1, 0.15) is 5.52 Å². The van der Waals surface area contributed by atoms with Crippen LogP contribution in [0.2, 0.25) is 0 Å². The number of fused-ring (bicyclic) bond motifs is 1. The first-order valence-corrected chi connectivity index (χ1v) is 10.9. The van der Waals surface area contributed by atoms with Crippen LogP contribution in [-0.4, -0.2) is 23.9 Å². The van der Waals surface area contributed by atoms with E-state index in [1.807, 2.05) is 6.07 Å². The van der Waals surface area contributed by atoms with Gasteiger partial charge in [-0.25, -0.2) is 13.4 Å². The van der Waals surface area contributed by atoms with Crippen molar-refractivity contribution < 1.29 is 12.8 Å². The van der Waals surface area contributed by atoms with Crippen molar-refractivity contribution in [3.05, 3.63) is 30.2 Å². The summed E-state index contributed by atoms with van der Waals surface area (Å²) in [6, 6.07) is 6.22. The van der Waals surface area contributed by atoms with Gasteiger partial charge >= 0.3 is 0 Å². The van der Waals surface area contributed by atoms with E-state index in [-0.39, 0.29) is 0 Å². The summed E-state index contributed by atoms with van der Waals surface area (Å²) < 4.78 is 29.4. The normalized spacial score (nSPS) is 22.4. The molecule has 0 bridgehead atoms. The van der Waals surface area contributed by atoms with Gasteiger partial charge in [0.05, 0.1) is 10.5 Å². The lowest BCUT2D eigenvalue weighted by molar-refractivity contribution is 0.278. The zero-order chi connectivity index (χ0) is 18.1. The van der Waals surface area contributed by atoms with E-state index >= 15 is 0 Å². The zero-order valence-electron chi connectivity index (χ0n) is 15.5. The molecule has 3 rings (SSSR count). The van der Waals surface area contributed by atoms with Crippen molar-refractivity contribution in [2.24, 2.45) is 11.8 Å². The van der Waals surface area contributed by atoms with Gasteiger partial charge in [-0.15, -0.1) is 0 Å². The number of sulfone groups is 1. The third-order valence-corrected chi connectivity index (χ3v) is 8.37. The van der Waals surface area contributed by atoms with Crippen LogP contribution in [0.25, 0.3) is 11.1 Å². The molecule has 0 amide bonds. The Morgan fingerprint density at radius 1 is 1.12 bits per heavy atom. The van der Waals surface area contributed by atoms with E-state index in [1.54, 1.807) is 20.8 Å². The summed E-state index contributed by atoms with van der Waals surface area (Å²) in [5.41, 5.74) is 3.07. The molecule has 0 spiro atoms. The number of aromatic nitrogens is 1. The number of oxazole rings is 1. The number of hydrogen-bond acceptors (Lipinski definition) is 4. The highest BCUT2D eigenvalue weighted by Crippen LogP contribution is 2.34. The number of nitrogens with zero attached hydrogens (tertiary/aromatic N) is 1. The molecule has 0 unspecified atom stereocenters. The Bertz CT molecular complexity index is 809. The predicted molar refractivity (Wildman–Crippen MR) is 101 cm³/mol. The first-order valence-electron chi connectivity index (χ1n) is 9.29. The number of hydrogen-bond donors (Lipinski definition) is 0. The smallest absolute Gasteiger partial charge is 0.181 e. The van der Waals surface area contributed by atoms with Gasteiger partial charge in [0.25, 0.3) is 0 Å². The van der Waals surface area contributed by atoms with Crippen molar-refractivity contribution in [1.29, 1.82) is 0 Å². The van der Waals surface area contributed by atoms with E-state index in [4.69, 9.17) is 4.42 Å². The van der Waals surface area contributed by atoms with Crippen molar-refractivity contribution in [3.63, 3.8) is 0 Å². The van der Waals surface area contributed by atoms with E-state index in [0.717, 1.165) is 43.2 Å². The molecule has 1 heterocycles. The predicted octanol–water partition coefficient (Wildman–Crippen LogP) is 4.78. The molecular weight excluding hydrogens is 334 g/mol. The summed E-state index contributed by atoms with van der Waals surface area (Å²) in [6.45, 7) is 5.42. The summed E-state index contributed by atoms with van der Waals surface area (Å²) in [5, 5.41) is 0. The molecule has 0 N–H and O–H groups in total. The monoisotopic (exact) mass is 363 g/mol. The van der Waals surface area contributed by atoms with E-state index in [2.05, 4.69) is 17.1 Å². The van der Waals surface area contributed by atoms with Crippen LogP contribution in [-0.2, 0) is 16.3 Å². The van der Waals surface area contributed by atoms with Gasteiger partial charge in [0, 0.05) is 0 Å². The van der Waals surface area contributed by atoms with Crippen molar-refractivity contribution in [2.45, 2.75) is 64.0 Å². The molecule has 1 fully saturated rings. The minimum absolute atomic E-state index is 0.340. The van der Waals surface area contributed by atoms with Crippen LogP contribution in [0.1, 0.15) is 58.4 Å². The third kappa shape index (κ3) is 4.43. The quantitative estimate of drug-likeness (QED) is 0.767. The minimum atomic E-state index is -3.00. The first-order chi connectivity index (χ1) is 11.7. The average molecular weight is 364 g/mol. The second kappa shape index (κ2) is 7.10. The summed E-state index contributed by atoms with van der Waals surface area (Å²) in [5.74, 6) is 1.40. The van der Waals surface area contributed by atoms with Gasteiger partial charge in [-0.2, -0.15) is 0 Å². The third-order valence-electron chi connectivity index (χ3n) is 5.59. The van der Waals surface area contributed by atoms with Crippen molar-refractivity contribution in [2.75, 3.05) is 5.75 Å². The second-order valence-corrected chi connectivity index (χ2v) is 11.3. The van der Waals surface area contributed by atoms with Crippen LogP contribution in [0.15, 0.2) is 29.0 Å². The molecule has 0 atom stereocenters. The lowest BCUT2D eigenvalue weighted by Crippen LogP contribution is -2.34. The van der Waals surface area contributed by atoms with Gasteiger partial charge in [-0.3, -0.25) is 0 Å². The molecular formula is C20H29NO3S. The molecule has 1 aromatic heterocycles. The summed E-state index contributed by atoms with van der Waals surface area (Å²) >= 11 is 0. The first kappa shape index (κ1) is 18.4. The minimum Gasteiger partial charge on any atom is -0.443 e. The Morgan fingerprint density at radius 2 is 1.80 bits per heavy atom. The molecule has 138 valence electrons. The van der Waals surface area contributed by atoms with Gasteiger partial charge in [-0.1, -0.05) is 18.9 Å². The second-order valence-electron chi connectivity index (χ2n) is 8.47. The van der Waals surface area contributed by atoms with E-state index in [1.165, 1.54) is 18.4 Å². The van der Waals surface area contributed by atoms with E-state index in [0.29, 0.717) is 17.6 Å². The maximum atomic E-state index is 12.4. The summed E-state index contributed by atoms with van der Waals surface area (Å²) in [6.07, 6.45) is 8.10. The fourth-order valence-corrected chi connectivity index (χ4v) is 5.13. The van der Waals surface area contributed by atoms with Crippen LogP contribution in [0.3, 0.4) is 0 Å². The molecule has 4 nitrogen and oxygen atoms in total. The summed E-state index contributed by atoms with van der Waals surface area (Å²) in [4.78, 5) is 4.21. The molecule has 1 saturated carbocycles. The van der Waals surface area contributed by atoms with Crippen LogP contribution in [0.4, 0.5) is 0 Å².